The molecule has 0 spiro atoms. The largest absolute Gasteiger partial charge is 0.490 e. The average molecular weight is 264 g/mol. The van der Waals surface area contributed by atoms with Crippen molar-refractivity contribution in [2.24, 2.45) is 0 Å². The van der Waals surface area contributed by atoms with E-state index in [4.69, 9.17) is 9.47 Å². The van der Waals surface area contributed by atoms with E-state index in [-0.39, 0.29) is 13.2 Å². The minimum atomic E-state index is -0.440. The molecule has 0 bridgehead atoms. The summed E-state index contributed by atoms with van der Waals surface area (Å²) in [5.41, 5.74) is 0.797. The molecule has 5 heteroatoms. The number of esters is 2. The minimum Gasteiger partial charge on any atom is -0.490 e. The van der Waals surface area contributed by atoms with Crippen LogP contribution in [0.1, 0.15) is 17.3 Å². The second kappa shape index (κ2) is 7.20. The van der Waals surface area contributed by atoms with Gasteiger partial charge < -0.3 is 14.2 Å². The van der Waals surface area contributed by atoms with Crippen LogP contribution in [0, 0.1) is 0 Å². The van der Waals surface area contributed by atoms with E-state index in [1.54, 1.807) is 31.2 Å². The van der Waals surface area contributed by atoms with E-state index in [1.807, 2.05) is 0 Å². The van der Waals surface area contributed by atoms with Crippen LogP contribution in [0.5, 0.6) is 5.75 Å². The molecule has 0 fully saturated rings. The van der Waals surface area contributed by atoms with Crippen molar-refractivity contribution in [3.63, 3.8) is 0 Å². The van der Waals surface area contributed by atoms with Gasteiger partial charge in [0.25, 0.3) is 0 Å². The molecule has 0 aliphatic rings. The Morgan fingerprint density at radius 1 is 1.16 bits per heavy atom. The maximum Gasteiger partial charge on any atom is 0.337 e. The zero-order valence-electron chi connectivity index (χ0n) is 11.0. The van der Waals surface area contributed by atoms with E-state index < -0.39 is 11.9 Å². The van der Waals surface area contributed by atoms with Crippen molar-refractivity contribution in [1.29, 1.82) is 0 Å². The van der Waals surface area contributed by atoms with Gasteiger partial charge >= 0.3 is 11.9 Å². The Balaban J connectivity index is 2.36. The number of benzene rings is 1. The summed E-state index contributed by atoms with van der Waals surface area (Å²) in [5.74, 6) is -0.259. The van der Waals surface area contributed by atoms with Crippen LogP contribution in [0.3, 0.4) is 0 Å². The van der Waals surface area contributed by atoms with Gasteiger partial charge in [0.15, 0.2) is 0 Å². The lowest BCUT2D eigenvalue weighted by Gasteiger charge is -2.07. The van der Waals surface area contributed by atoms with Crippen molar-refractivity contribution in [2.75, 3.05) is 20.3 Å². The van der Waals surface area contributed by atoms with Crippen LogP contribution >= 0.6 is 0 Å². The summed E-state index contributed by atoms with van der Waals surface area (Å²) < 4.78 is 14.8. The summed E-state index contributed by atoms with van der Waals surface area (Å²) in [7, 11) is 1.32. The zero-order chi connectivity index (χ0) is 14.3. The van der Waals surface area contributed by atoms with Gasteiger partial charge in [-0.2, -0.15) is 0 Å². The Hall–Kier alpha value is -2.30. The van der Waals surface area contributed by atoms with Crippen LogP contribution in [-0.2, 0) is 14.3 Å². The number of hydrogen-bond acceptors (Lipinski definition) is 5. The van der Waals surface area contributed by atoms with E-state index in [0.717, 1.165) is 0 Å². The Kier molecular flexibility index (Phi) is 5.60. The lowest BCUT2D eigenvalue weighted by Crippen LogP contribution is -2.12. The van der Waals surface area contributed by atoms with E-state index >= 15 is 0 Å². The molecule has 0 aromatic heterocycles. The van der Waals surface area contributed by atoms with Gasteiger partial charge in [0.2, 0.25) is 0 Å². The summed E-state index contributed by atoms with van der Waals surface area (Å²) in [4.78, 5) is 22.3. The average Bonchev–Trinajstić information content (AvgIpc) is 2.43. The molecule has 102 valence electrons. The molecule has 1 aromatic carbocycles. The first-order valence-corrected chi connectivity index (χ1v) is 5.68. The molecule has 0 aliphatic heterocycles. The van der Waals surface area contributed by atoms with Crippen LogP contribution in [0.4, 0.5) is 0 Å². The van der Waals surface area contributed by atoms with Gasteiger partial charge in [0, 0.05) is 5.57 Å². The van der Waals surface area contributed by atoms with Crippen molar-refractivity contribution in [2.45, 2.75) is 6.92 Å². The summed E-state index contributed by atoms with van der Waals surface area (Å²) in [5, 5.41) is 0. The topological polar surface area (TPSA) is 61.8 Å². The Morgan fingerprint density at radius 2 is 1.79 bits per heavy atom. The molecule has 19 heavy (non-hydrogen) atoms. The van der Waals surface area contributed by atoms with Gasteiger partial charge in [-0.1, -0.05) is 6.58 Å². The lowest BCUT2D eigenvalue weighted by atomic mass is 10.2. The predicted molar refractivity (Wildman–Crippen MR) is 69.0 cm³/mol. The van der Waals surface area contributed by atoms with Crippen LogP contribution in [0.2, 0.25) is 0 Å². The standard InChI is InChI=1S/C14H16O5/c1-10(2)13(15)19-9-8-18-12-6-4-11(5-7-12)14(16)17-3/h4-7H,1,8-9H2,2-3H3. The van der Waals surface area contributed by atoms with Crippen molar-refractivity contribution < 1.29 is 23.8 Å². The minimum absolute atomic E-state index is 0.143. The Bertz CT molecular complexity index is 461. The van der Waals surface area contributed by atoms with Crippen LogP contribution in [0.15, 0.2) is 36.4 Å². The molecule has 0 radical (unpaired) electrons. The van der Waals surface area contributed by atoms with E-state index in [1.165, 1.54) is 7.11 Å². The van der Waals surface area contributed by atoms with Gasteiger partial charge in [-0.15, -0.1) is 0 Å². The summed E-state index contributed by atoms with van der Waals surface area (Å²) in [6, 6.07) is 6.49. The molecule has 0 heterocycles. The first-order chi connectivity index (χ1) is 9.04. The highest BCUT2D eigenvalue weighted by atomic mass is 16.6. The molecule has 0 N–H and O–H groups in total. The first-order valence-electron chi connectivity index (χ1n) is 5.68. The third kappa shape index (κ3) is 4.83. The molecular formula is C14H16O5. The number of ether oxygens (including phenoxy) is 3. The number of carbonyl (C=O) groups is 2. The first kappa shape index (κ1) is 14.8. The fourth-order valence-corrected chi connectivity index (χ4v) is 1.22. The molecule has 0 aliphatic carbocycles. The highest BCUT2D eigenvalue weighted by Crippen LogP contribution is 2.12. The lowest BCUT2D eigenvalue weighted by molar-refractivity contribution is -0.139. The molecule has 0 saturated carbocycles. The predicted octanol–water partition coefficient (Wildman–Crippen LogP) is 1.97. The molecule has 1 rings (SSSR count). The number of rotatable bonds is 6. The molecule has 0 unspecified atom stereocenters. The van der Waals surface area contributed by atoms with Gasteiger partial charge in [-0.3, -0.25) is 0 Å². The van der Waals surface area contributed by atoms with Crippen LogP contribution < -0.4 is 4.74 Å². The normalized spacial score (nSPS) is 9.58. The fraction of sp³-hybridized carbons (Fsp3) is 0.286. The zero-order valence-corrected chi connectivity index (χ0v) is 11.0. The molecule has 0 atom stereocenters. The van der Waals surface area contributed by atoms with Gasteiger partial charge in [0.1, 0.15) is 19.0 Å². The summed E-state index contributed by atoms with van der Waals surface area (Å²) in [6.45, 7) is 5.42. The summed E-state index contributed by atoms with van der Waals surface area (Å²) >= 11 is 0. The third-order valence-electron chi connectivity index (χ3n) is 2.21. The Labute approximate surface area is 111 Å². The van der Waals surface area contributed by atoms with E-state index in [2.05, 4.69) is 11.3 Å². The third-order valence-corrected chi connectivity index (χ3v) is 2.21. The number of hydrogen-bond donors (Lipinski definition) is 0. The molecular weight excluding hydrogens is 248 g/mol. The van der Waals surface area contributed by atoms with Gasteiger partial charge in [0.05, 0.1) is 12.7 Å². The maximum absolute atomic E-state index is 11.2. The fourth-order valence-electron chi connectivity index (χ4n) is 1.22. The second-order valence-corrected chi connectivity index (χ2v) is 3.78. The summed E-state index contributed by atoms with van der Waals surface area (Å²) in [6.07, 6.45) is 0. The van der Waals surface area contributed by atoms with Crippen molar-refractivity contribution in [3.8, 4) is 5.75 Å². The van der Waals surface area contributed by atoms with Crippen molar-refractivity contribution in [3.05, 3.63) is 42.0 Å². The molecule has 5 nitrogen and oxygen atoms in total. The van der Waals surface area contributed by atoms with Crippen molar-refractivity contribution >= 4 is 11.9 Å². The second-order valence-electron chi connectivity index (χ2n) is 3.78. The van der Waals surface area contributed by atoms with E-state index in [0.29, 0.717) is 16.9 Å². The monoisotopic (exact) mass is 264 g/mol. The quantitative estimate of drug-likeness (QED) is 0.446. The smallest absolute Gasteiger partial charge is 0.337 e. The maximum atomic E-state index is 11.2. The van der Waals surface area contributed by atoms with Gasteiger partial charge in [-0.25, -0.2) is 9.59 Å². The highest BCUT2D eigenvalue weighted by molar-refractivity contribution is 5.89. The highest BCUT2D eigenvalue weighted by Gasteiger charge is 2.05. The van der Waals surface area contributed by atoms with Crippen LogP contribution in [0.25, 0.3) is 0 Å². The molecule has 1 aromatic rings. The van der Waals surface area contributed by atoms with Crippen molar-refractivity contribution in [1.82, 2.24) is 0 Å². The Morgan fingerprint density at radius 3 is 2.32 bits per heavy atom. The molecule has 0 amide bonds. The molecule has 0 saturated heterocycles. The van der Waals surface area contributed by atoms with E-state index in [9.17, 15) is 9.59 Å². The van der Waals surface area contributed by atoms with Crippen LogP contribution in [-0.4, -0.2) is 32.3 Å². The SMILES string of the molecule is C=C(C)C(=O)OCCOc1ccc(C(=O)OC)cc1. The number of carbonyl (C=O) groups excluding carboxylic acids is 2. The number of methoxy groups -OCH3 is 1. The van der Waals surface area contributed by atoms with Gasteiger partial charge in [-0.05, 0) is 31.2 Å².